The molecule has 32 heavy (non-hydrogen) atoms. The lowest BCUT2D eigenvalue weighted by molar-refractivity contribution is -0.125. The van der Waals surface area contributed by atoms with Crippen molar-refractivity contribution < 1.29 is 19.1 Å². The number of piperidine rings is 2. The van der Waals surface area contributed by atoms with Crippen molar-refractivity contribution >= 4 is 29.1 Å². The molecule has 2 saturated heterocycles. The number of fused-ring (bicyclic) bond motifs is 3. The zero-order valence-corrected chi connectivity index (χ0v) is 19.0. The average Bonchev–Trinajstić information content (AvgIpc) is 2.84. The van der Waals surface area contributed by atoms with E-state index >= 15 is 0 Å². The molecule has 3 amide bonds. The third-order valence-electron chi connectivity index (χ3n) is 6.67. The Hall–Kier alpha value is -2.61. The number of anilines is 2. The fourth-order valence-electron chi connectivity index (χ4n) is 4.98. The molecule has 0 aromatic heterocycles. The van der Waals surface area contributed by atoms with Crippen LogP contribution in [0.2, 0.25) is 0 Å². The molecule has 8 nitrogen and oxygen atoms in total. The van der Waals surface area contributed by atoms with E-state index in [4.69, 9.17) is 4.74 Å². The largest absolute Gasteiger partial charge is 0.385 e. The number of nitrogens with one attached hydrogen (secondary N) is 1. The molecule has 8 heteroatoms. The number of rotatable bonds is 7. The summed E-state index contributed by atoms with van der Waals surface area (Å²) < 4.78 is 5.02. The van der Waals surface area contributed by atoms with Gasteiger partial charge in [-0.15, -0.1) is 0 Å². The summed E-state index contributed by atoms with van der Waals surface area (Å²) in [5.74, 6) is -0.242. The topological polar surface area (TPSA) is 82.2 Å². The molecule has 3 aliphatic rings. The number of ether oxygens (including phenoxy) is 1. The summed E-state index contributed by atoms with van der Waals surface area (Å²) in [5, 5.41) is 2.88. The summed E-state index contributed by atoms with van der Waals surface area (Å²) in [5.41, 5.74) is 2.19. The van der Waals surface area contributed by atoms with Gasteiger partial charge in [0.15, 0.2) is 0 Å². The smallest absolute Gasteiger partial charge is 0.253 e. The van der Waals surface area contributed by atoms with Gasteiger partial charge in [0.1, 0.15) is 12.6 Å². The normalized spacial score (nSPS) is 20.6. The number of benzene rings is 1. The third kappa shape index (κ3) is 4.75. The van der Waals surface area contributed by atoms with Gasteiger partial charge in [-0.05, 0) is 63.1 Å². The maximum absolute atomic E-state index is 13.4. The quantitative estimate of drug-likeness (QED) is 0.655. The molecule has 174 valence electrons. The second-order valence-electron chi connectivity index (χ2n) is 8.88. The summed E-state index contributed by atoms with van der Waals surface area (Å²) in [7, 11) is 1.63. The van der Waals surface area contributed by atoms with Crippen LogP contribution in [0, 0.1) is 0 Å². The molecule has 0 radical (unpaired) electrons. The summed E-state index contributed by atoms with van der Waals surface area (Å²) >= 11 is 0. The van der Waals surface area contributed by atoms with Crippen molar-refractivity contribution in [3.63, 3.8) is 0 Å². The maximum atomic E-state index is 13.4. The van der Waals surface area contributed by atoms with Crippen LogP contribution in [-0.2, 0) is 14.3 Å². The highest BCUT2D eigenvalue weighted by Crippen LogP contribution is 2.40. The standard InChI is InChI=1S/C24H34N4O4/c1-32-15-7-11-25-22(29)17-28-21-16-18(23(30)26-12-4-2-5-13-26)9-10-19(21)27-14-6-3-8-20(27)24(28)31/h9-10,16,20H,2-8,11-15,17H2,1H3,(H,25,29). The molecule has 4 rings (SSSR count). The minimum Gasteiger partial charge on any atom is -0.385 e. The molecule has 2 fully saturated rings. The van der Waals surface area contributed by atoms with Crippen LogP contribution in [0.5, 0.6) is 0 Å². The number of hydrogen-bond acceptors (Lipinski definition) is 5. The number of amides is 3. The summed E-state index contributed by atoms with van der Waals surface area (Å²) in [4.78, 5) is 44.8. The number of hydrogen-bond donors (Lipinski definition) is 1. The van der Waals surface area contributed by atoms with Crippen molar-refractivity contribution in [3.8, 4) is 0 Å². The molecule has 0 spiro atoms. The van der Waals surface area contributed by atoms with Crippen LogP contribution in [0.1, 0.15) is 55.3 Å². The van der Waals surface area contributed by atoms with E-state index in [0.717, 1.165) is 70.3 Å². The third-order valence-corrected chi connectivity index (χ3v) is 6.67. The molecule has 1 aromatic rings. The highest BCUT2D eigenvalue weighted by molar-refractivity contribution is 6.09. The van der Waals surface area contributed by atoms with Crippen LogP contribution < -0.4 is 15.1 Å². The fraction of sp³-hybridized carbons (Fsp3) is 0.625. The Kier molecular flexibility index (Phi) is 7.29. The molecular formula is C24H34N4O4. The molecule has 0 bridgehead atoms. The van der Waals surface area contributed by atoms with Gasteiger partial charge in [0.25, 0.3) is 5.91 Å². The second-order valence-corrected chi connectivity index (χ2v) is 8.88. The highest BCUT2D eigenvalue weighted by Gasteiger charge is 2.40. The van der Waals surface area contributed by atoms with Gasteiger partial charge >= 0.3 is 0 Å². The maximum Gasteiger partial charge on any atom is 0.253 e. The summed E-state index contributed by atoms with van der Waals surface area (Å²) in [6.07, 6.45) is 6.77. The number of carbonyl (C=O) groups is 3. The average molecular weight is 443 g/mol. The van der Waals surface area contributed by atoms with Crippen molar-refractivity contribution in [1.82, 2.24) is 10.2 Å². The number of nitrogens with zero attached hydrogens (tertiary/aromatic N) is 3. The SMILES string of the molecule is COCCCNC(=O)CN1C(=O)C2CCCCN2c2ccc(C(=O)N3CCCCC3)cc21. The van der Waals surface area contributed by atoms with Crippen molar-refractivity contribution in [2.45, 2.75) is 51.0 Å². The van der Waals surface area contributed by atoms with E-state index in [0.29, 0.717) is 24.4 Å². The minimum atomic E-state index is -0.235. The monoisotopic (exact) mass is 442 g/mol. The van der Waals surface area contributed by atoms with Gasteiger partial charge in [-0.3, -0.25) is 19.3 Å². The molecule has 0 saturated carbocycles. The number of methoxy groups -OCH3 is 1. The van der Waals surface area contributed by atoms with Crippen molar-refractivity contribution in [1.29, 1.82) is 0 Å². The predicted octanol–water partition coefficient (Wildman–Crippen LogP) is 2.17. The van der Waals surface area contributed by atoms with Gasteiger partial charge in [0.05, 0.1) is 11.4 Å². The molecule has 3 heterocycles. The molecule has 0 aliphatic carbocycles. The Labute approximate surface area is 189 Å². The Balaban J connectivity index is 1.59. The van der Waals surface area contributed by atoms with Crippen molar-refractivity contribution in [2.24, 2.45) is 0 Å². The summed E-state index contributed by atoms with van der Waals surface area (Å²) in [6.45, 7) is 3.41. The first-order valence-corrected chi connectivity index (χ1v) is 11.9. The van der Waals surface area contributed by atoms with E-state index in [1.54, 1.807) is 12.0 Å². The lowest BCUT2D eigenvalue weighted by Crippen LogP contribution is -2.57. The van der Waals surface area contributed by atoms with Gasteiger partial charge < -0.3 is 19.9 Å². The molecule has 1 unspecified atom stereocenters. The van der Waals surface area contributed by atoms with Gasteiger partial charge in [-0.25, -0.2) is 0 Å². The van der Waals surface area contributed by atoms with Crippen LogP contribution in [0.4, 0.5) is 11.4 Å². The highest BCUT2D eigenvalue weighted by atomic mass is 16.5. The van der Waals surface area contributed by atoms with Crippen LogP contribution in [-0.4, -0.2) is 75.1 Å². The first-order valence-electron chi connectivity index (χ1n) is 11.9. The Morgan fingerprint density at radius 3 is 2.62 bits per heavy atom. The van der Waals surface area contributed by atoms with E-state index in [2.05, 4.69) is 10.2 Å². The zero-order valence-electron chi connectivity index (χ0n) is 19.0. The minimum absolute atomic E-state index is 0.00434. The first kappa shape index (κ1) is 22.6. The molecule has 1 N–H and O–H groups in total. The summed E-state index contributed by atoms with van der Waals surface area (Å²) in [6, 6.07) is 5.41. The van der Waals surface area contributed by atoms with E-state index in [-0.39, 0.29) is 30.3 Å². The molecule has 3 aliphatic heterocycles. The zero-order chi connectivity index (χ0) is 22.5. The molecule has 1 aromatic carbocycles. The predicted molar refractivity (Wildman–Crippen MR) is 123 cm³/mol. The Bertz CT molecular complexity index is 852. The van der Waals surface area contributed by atoms with Crippen LogP contribution in [0.15, 0.2) is 18.2 Å². The molecule has 1 atom stereocenters. The second kappa shape index (κ2) is 10.3. The van der Waals surface area contributed by atoms with Crippen LogP contribution >= 0.6 is 0 Å². The van der Waals surface area contributed by atoms with Crippen molar-refractivity contribution in [3.05, 3.63) is 23.8 Å². The van der Waals surface area contributed by atoms with E-state index in [1.165, 1.54) is 0 Å². The van der Waals surface area contributed by atoms with Gasteiger partial charge in [0, 0.05) is 45.5 Å². The lowest BCUT2D eigenvalue weighted by atomic mass is 9.95. The van der Waals surface area contributed by atoms with Gasteiger partial charge in [-0.1, -0.05) is 0 Å². The Morgan fingerprint density at radius 1 is 1.06 bits per heavy atom. The Morgan fingerprint density at radius 2 is 1.84 bits per heavy atom. The van der Waals surface area contributed by atoms with Crippen LogP contribution in [0.3, 0.4) is 0 Å². The van der Waals surface area contributed by atoms with Gasteiger partial charge in [0.2, 0.25) is 11.8 Å². The fourth-order valence-corrected chi connectivity index (χ4v) is 4.98. The van der Waals surface area contributed by atoms with E-state index < -0.39 is 0 Å². The van der Waals surface area contributed by atoms with E-state index in [1.807, 2.05) is 23.1 Å². The lowest BCUT2D eigenvalue weighted by Gasteiger charge is -2.45. The van der Waals surface area contributed by atoms with Crippen LogP contribution in [0.25, 0.3) is 0 Å². The number of likely N-dealkylation sites (tertiary alicyclic amines) is 1. The molecular weight excluding hydrogens is 408 g/mol. The first-order chi connectivity index (χ1) is 15.6. The van der Waals surface area contributed by atoms with E-state index in [9.17, 15) is 14.4 Å². The van der Waals surface area contributed by atoms with Crippen molar-refractivity contribution in [2.75, 3.05) is 56.2 Å². The van der Waals surface area contributed by atoms with Gasteiger partial charge in [-0.2, -0.15) is 0 Å². The number of carbonyl (C=O) groups excluding carboxylic acids is 3.